The van der Waals surface area contributed by atoms with Crippen LogP contribution < -0.4 is 4.90 Å². The highest BCUT2D eigenvalue weighted by molar-refractivity contribution is 7.09. The molecule has 0 unspecified atom stereocenters. The molecule has 2 heterocycles. The van der Waals surface area contributed by atoms with E-state index in [0.29, 0.717) is 12.1 Å². The second-order valence-corrected chi connectivity index (χ2v) is 5.81. The molecule has 1 aromatic carbocycles. The second-order valence-electron chi connectivity index (χ2n) is 4.87. The van der Waals surface area contributed by atoms with Crippen molar-refractivity contribution in [3.05, 3.63) is 45.4 Å². The summed E-state index contributed by atoms with van der Waals surface area (Å²) in [6, 6.07) is 5.46. The molecule has 0 fully saturated rings. The number of hydrogen-bond donors (Lipinski definition) is 0. The third kappa shape index (κ3) is 1.94. The van der Waals surface area contributed by atoms with E-state index in [1.165, 1.54) is 0 Å². The summed E-state index contributed by atoms with van der Waals surface area (Å²) in [7, 11) is 0. The van der Waals surface area contributed by atoms with E-state index in [-0.39, 0.29) is 0 Å². The van der Waals surface area contributed by atoms with E-state index in [2.05, 4.69) is 4.98 Å². The van der Waals surface area contributed by atoms with Crippen molar-refractivity contribution < 1.29 is 9.59 Å². The molecule has 20 heavy (non-hydrogen) atoms. The topological polar surface area (TPSA) is 50.3 Å². The van der Waals surface area contributed by atoms with Gasteiger partial charge in [0.05, 0.1) is 22.5 Å². The predicted octanol–water partition coefficient (Wildman–Crippen LogP) is 2.53. The van der Waals surface area contributed by atoms with Crippen molar-refractivity contribution in [1.82, 2.24) is 4.98 Å². The number of rotatable bonds is 3. The van der Waals surface area contributed by atoms with Crippen molar-refractivity contribution in [3.63, 3.8) is 0 Å². The van der Waals surface area contributed by atoms with Gasteiger partial charge in [-0.25, -0.2) is 4.98 Å². The monoisotopic (exact) mass is 286 g/mol. The van der Waals surface area contributed by atoms with Crippen LogP contribution in [-0.4, -0.2) is 23.2 Å². The van der Waals surface area contributed by atoms with Gasteiger partial charge in [-0.1, -0.05) is 12.1 Å². The fourth-order valence-electron chi connectivity index (χ4n) is 2.53. The number of ketones is 1. The number of fused-ring (bicyclic) bond motifs is 1. The zero-order valence-electron chi connectivity index (χ0n) is 11.3. The summed E-state index contributed by atoms with van der Waals surface area (Å²) < 4.78 is 0. The van der Waals surface area contributed by atoms with E-state index >= 15 is 0 Å². The maximum Gasteiger partial charge on any atom is 0.299 e. The first-order valence-corrected chi connectivity index (χ1v) is 7.32. The van der Waals surface area contributed by atoms with Gasteiger partial charge in [0.1, 0.15) is 0 Å². The number of nitrogens with zero attached hydrogens (tertiary/aromatic N) is 2. The molecule has 3 rings (SSSR count). The molecule has 1 aliphatic rings. The first-order valence-electron chi connectivity index (χ1n) is 6.44. The minimum absolute atomic E-state index is 0.398. The Morgan fingerprint density at radius 2 is 2.05 bits per heavy atom. The molecule has 0 aliphatic carbocycles. The van der Waals surface area contributed by atoms with E-state index < -0.39 is 11.7 Å². The Balaban J connectivity index is 1.90. The summed E-state index contributed by atoms with van der Waals surface area (Å²) in [6.45, 7) is 4.41. The standard InChI is InChI=1S/C15H14N2O2S/c1-9-4-3-5-11-13(9)17(15(19)14(11)18)7-6-12-10(2)16-8-20-12/h3-5,8H,6-7H2,1-2H3. The Kier molecular flexibility index (Phi) is 3.14. The SMILES string of the molecule is Cc1cccc2c1N(CCc1scnc1C)C(=O)C2=O. The molecule has 0 atom stereocenters. The highest BCUT2D eigenvalue weighted by Crippen LogP contribution is 2.32. The van der Waals surface area contributed by atoms with Crippen LogP contribution in [0.3, 0.4) is 0 Å². The minimum atomic E-state index is -0.420. The van der Waals surface area contributed by atoms with Crippen LogP contribution in [0.1, 0.15) is 26.5 Å². The summed E-state index contributed by atoms with van der Waals surface area (Å²) in [6.07, 6.45) is 0.725. The van der Waals surface area contributed by atoms with Crippen LogP contribution in [0, 0.1) is 13.8 Å². The third-order valence-corrected chi connectivity index (χ3v) is 4.59. The number of thiazole rings is 1. The maximum atomic E-state index is 12.1. The molecule has 0 N–H and O–H groups in total. The van der Waals surface area contributed by atoms with Gasteiger partial charge < -0.3 is 4.90 Å². The second kappa shape index (κ2) is 4.83. The molecular weight excluding hydrogens is 272 g/mol. The van der Waals surface area contributed by atoms with Crippen molar-refractivity contribution in [2.24, 2.45) is 0 Å². The van der Waals surface area contributed by atoms with Crippen LogP contribution in [0.5, 0.6) is 0 Å². The number of para-hydroxylation sites is 1. The van der Waals surface area contributed by atoms with Crippen LogP contribution in [0.25, 0.3) is 0 Å². The summed E-state index contributed by atoms with van der Waals surface area (Å²) in [5, 5.41) is 0. The van der Waals surface area contributed by atoms with Crippen molar-refractivity contribution in [2.45, 2.75) is 20.3 Å². The van der Waals surface area contributed by atoms with Crippen LogP contribution in [0.2, 0.25) is 0 Å². The van der Waals surface area contributed by atoms with E-state index in [9.17, 15) is 9.59 Å². The molecule has 2 aromatic rings. The molecule has 1 amide bonds. The number of amides is 1. The zero-order valence-corrected chi connectivity index (χ0v) is 12.2. The van der Waals surface area contributed by atoms with E-state index in [4.69, 9.17) is 0 Å². The number of aryl methyl sites for hydroxylation is 2. The summed E-state index contributed by atoms with van der Waals surface area (Å²) in [5.74, 6) is -0.818. The van der Waals surface area contributed by atoms with Gasteiger partial charge in [0, 0.05) is 17.8 Å². The molecule has 4 nitrogen and oxygen atoms in total. The first kappa shape index (κ1) is 13.0. The molecule has 1 aliphatic heterocycles. The molecule has 0 radical (unpaired) electrons. The summed E-state index contributed by atoms with van der Waals surface area (Å²) >= 11 is 1.59. The molecule has 0 spiro atoms. The average molecular weight is 286 g/mol. The quantitative estimate of drug-likeness (QED) is 0.815. The van der Waals surface area contributed by atoms with E-state index in [1.54, 1.807) is 27.8 Å². The normalized spacial score (nSPS) is 14.0. The number of hydrogen-bond acceptors (Lipinski definition) is 4. The van der Waals surface area contributed by atoms with Gasteiger partial charge in [-0.2, -0.15) is 0 Å². The number of Topliss-reactive ketones (excluding diaryl/α,β-unsaturated/α-hetero) is 1. The van der Waals surface area contributed by atoms with E-state index in [0.717, 1.165) is 28.2 Å². The number of benzene rings is 1. The number of carbonyl (C=O) groups is 2. The lowest BCUT2D eigenvalue weighted by Gasteiger charge is -2.18. The highest BCUT2D eigenvalue weighted by Gasteiger charge is 2.36. The fraction of sp³-hybridized carbons (Fsp3) is 0.267. The van der Waals surface area contributed by atoms with Gasteiger partial charge in [-0.3, -0.25) is 9.59 Å². The largest absolute Gasteiger partial charge is 0.304 e. The lowest BCUT2D eigenvalue weighted by Crippen LogP contribution is -2.32. The Bertz CT molecular complexity index is 706. The van der Waals surface area contributed by atoms with Gasteiger partial charge in [0.25, 0.3) is 11.7 Å². The van der Waals surface area contributed by atoms with E-state index in [1.807, 2.05) is 26.0 Å². The zero-order chi connectivity index (χ0) is 14.3. The van der Waals surface area contributed by atoms with Gasteiger partial charge >= 0.3 is 0 Å². The number of aromatic nitrogens is 1. The van der Waals surface area contributed by atoms with Crippen molar-refractivity contribution >= 4 is 28.7 Å². The fourth-order valence-corrected chi connectivity index (χ4v) is 3.30. The molecule has 102 valence electrons. The Labute approximate surface area is 121 Å². The van der Waals surface area contributed by atoms with Gasteiger partial charge in [0.2, 0.25) is 0 Å². The minimum Gasteiger partial charge on any atom is -0.304 e. The lowest BCUT2D eigenvalue weighted by atomic mass is 10.1. The Morgan fingerprint density at radius 3 is 2.75 bits per heavy atom. The van der Waals surface area contributed by atoms with Gasteiger partial charge in [0.15, 0.2) is 0 Å². The third-order valence-electron chi connectivity index (χ3n) is 3.60. The van der Waals surface area contributed by atoms with Crippen LogP contribution in [-0.2, 0) is 11.2 Å². The molecule has 0 saturated heterocycles. The molecule has 0 saturated carbocycles. The Morgan fingerprint density at radius 1 is 1.25 bits per heavy atom. The van der Waals surface area contributed by atoms with Gasteiger partial charge in [-0.15, -0.1) is 11.3 Å². The first-order chi connectivity index (χ1) is 9.59. The van der Waals surface area contributed by atoms with Gasteiger partial charge in [-0.05, 0) is 25.5 Å². The van der Waals surface area contributed by atoms with Crippen molar-refractivity contribution in [1.29, 1.82) is 0 Å². The molecule has 1 aromatic heterocycles. The average Bonchev–Trinajstić information content (AvgIpc) is 2.94. The van der Waals surface area contributed by atoms with Crippen molar-refractivity contribution in [3.8, 4) is 0 Å². The number of carbonyl (C=O) groups excluding carboxylic acids is 2. The summed E-state index contributed by atoms with van der Waals surface area (Å²) in [5.41, 5.74) is 5.06. The smallest absolute Gasteiger partial charge is 0.299 e. The molecular formula is C15H14N2O2S. The van der Waals surface area contributed by atoms with Crippen LogP contribution in [0.15, 0.2) is 23.7 Å². The highest BCUT2D eigenvalue weighted by atomic mass is 32.1. The lowest BCUT2D eigenvalue weighted by molar-refractivity contribution is -0.114. The predicted molar refractivity (Wildman–Crippen MR) is 78.4 cm³/mol. The molecule has 0 bridgehead atoms. The van der Waals surface area contributed by atoms with Crippen molar-refractivity contribution in [2.75, 3.05) is 11.4 Å². The van der Waals surface area contributed by atoms with Crippen LogP contribution in [0.4, 0.5) is 5.69 Å². The maximum absolute atomic E-state index is 12.1. The number of anilines is 1. The Hall–Kier alpha value is -2.01. The van der Waals surface area contributed by atoms with Crippen LogP contribution >= 0.6 is 11.3 Å². The molecule has 5 heteroatoms. The summed E-state index contributed by atoms with van der Waals surface area (Å²) in [4.78, 5) is 31.1.